The van der Waals surface area contributed by atoms with Crippen LogP contribution in [0.25, 0.3) is 32.9 Å². The summed E-state index contributed by atoms with van der Waals surface area (Å²) in [5.41, 5.74) is -0.0812. The van der Waals surface area contributed by atoms with E-state index in [1.54, 1.807) is 39.0 Å². The van der Waals surface area contributed by atoms with E-state index in [0.717, 1.165) is 16.3 Å². The number of aromatic nitrogens is 3. The molecule has 7 nitrogen and oxygen atoms in total. The zero-order valence-electron chi connectivity index (χ0n) is 16.2. The van der Waals surface area contributed by atoms with Gasteiger partial charge in [0.05, 0.1) is 22.0 Å². The molecule has 4 aromatic rings. The third kappa shape index (κ3) is 3.54. The Hall–Kier alpha value is -3.74. The number of nitrogens with zero attached hydrogens (tertiary/aromatic N) is 1. The van der Waals surface area contributed by atoms with Crippen LogP contribution < -0.4 is 16.0 Å². The third-order valence-electron chi connectivity index (χ3n) is 4.56. The Morgan fingerprint density at radius 2 is 1.76 bits per heavy atom. The largest absolute Gasteiger partial charge is 0.426 e. The second kappa shape index (κ2) is 6.70. The van der Waals surface area contributed by atoms with E-state index >= 15 is 0 Å². The van der Waals surface area contributed by atoms with Crippen LogP contribution in [-0.2, 0) is 4.79 Å². The molecule has 0 amide bonds. The number of nitrogens with one attached hydrogen (secondary N) is 2. The van der Waals surface area contributed by atoms with Crippen molar-refractivity contribution in [3.05, 3.63) is 69.5 Å². The van der Waals surface area contributed by atoms with Gasteiger partial charge in [0.15, 0.2) is 0 Å². The van der Waals surface area contributed by atoms with Crippen molar-refractivity contribution in [2.45, 2.75) is 20.8 Å². The molecule has 2 N–H and O–H groups in total. The quantitative estimate of drug-likeness (QED) is 0.404. The standard InChI is InChI=1S/C22H19N3O4/c1-22(2,3)20(27)29-13-8-12-6-4-5-7-14(12)15(9-13)17-10-18-16(11-23-17)19(26)25-21(28)24-18/h4-11H,1-3H3,(H2,24,25,26,28). The Bertz CT molecular complexity index is 1380. The third-order valence-corrected chi connectivity index (χ3v) is 4.56. The molecule has 0 atom stereocenters. The monoisotopic (exact) mass is 389 g/mol. The highest BCUT2D eigenvalue weighted by Gasteiger charge is 2.24. The minimum atomic E-state index is -0.645. The van der Waals surface area contributed by atoms with Gasteiger partial charge in [-0.05, 0) is 49.7 Å². The Kier molecular flexibility index (Phi) is 4.30. The lowest BCUT2D eigenvalue weighted by Gasteiger charge is -2.17. The molecule has 7 heteroatoms. The van der Waals surface area contributed by atoms with Crippen molar-refractivity contribution in [2.75, 3.05) is 0 Å². The molecular formula is C22H19N3O4. The topological polar surface area (TPSA) is 105 Å². The number of rotatable bonds is 2. The molecule has 0 radical (unpaired) electrons. The van der Waals surface area contributed by atoms with Crippen LogP contribution in [0.3, 0.4) is 0 Å². The molecule has 146 valence electrons. The van der Waals surface area contributed by atoms with E-state index < -0.39 is 16.7 Å². The Morgan fingerprint density at radius 3 is 2.52 bits per heavy atom. The van der Waals surface area contributed by atoms with Gasteiger partial charge in [-0.1, -0.05) is 24.3 Å². The summed E-state index contributed by atoms with van der Waals surface area (Å²) in [7, 11) is 0. The van der Waals surface area contributed by atoms with Crippen LogP contribution in [0.5, 0.6) is 5.75 Å². The molecule has 0 aliphatic rings. The normalized spacial score (nSPS) is 11.7. The van der Waals surface area contributed by atoms with E-state index in [1.807, 2.05) is 24.3 Å². The van der Waals surface area contributed by atoms with Gasteiger partial charge in [0.25, 0.3) is 5.56 Å². The number of hydrogen-bond acceptors (Lipinski definition) is 5. The minimum Gasteiger partial charge on any atom is -0.426 e. The van der Waals surface area contributed by atoms with E-state index in [1.165, 1.54) is 6.20 Å². The molecule has 2 aromatic carbocycles. The summed E-state index contributed by atoms with van der Waals surface area (Å²) < 4.78 is 5.60. The van der Waals surface area contributed by atoms with Crippen molar-refractivity contribution in [3.63, 3.8) is 0 Å². The van der Waals surface area contributed by atoms with Crippen molar-refractivity contribution < 1.29 is 9.53 Å². The van der Waals surface area contributed by atoms with Crippen LogP contribution in [0.2, 0.25) is 0 Å². The van der Waals surface area contributed by atoms with E-state index in [-0.39, 0.29) is 11.4 Å². The SMILES string of the molecule is CC(C)(C)C(=O)Oc1cc(-c2cc3[nH]c(=O)[nH]c(=O)c3cn2)c2ccccc2c1. The number of carbonyl (C=O) groups is 1. The number of esters is 1. The average molecular weight is 389 g/mol. The van der Waals surface area contributed by atoms with Gasteiger partial charge >= 0.3 is 11.7 Å². The maximum absolute atomic E-state index is 12.4. The molecule has 0 aliphatic heterocycles. The summed E-state index contributed by atoms with van der Waals surface area (Å²) in [6, 6.07) is 12.8. The summed E-state index contributed by atoms with van der Waals surface area (Å²) in [4.78, 5) is 45.2. The summed E-state index contributed by atoms with van der Waals surface area (Å²) >= 11 is 0. The highest BCUT2D eigenvalue weighted by molar-refractivity contribution is 5.98. The van der Waals surface area contributed by atoms with Crippen molar-refractivity contribution in [3.8, 4) is 17.0 Å². The molecule has 2 heterocycles. The molecule has 29 heavy (non-hydrogen) atoms. The predicted octanol–water partition coefficient (Wildman–Crippen LogP) is 3.38. The summed E-state index contributed by atoms with van der Waals surface area (Å²) in [6.45, 7) is 5.36. The van der Waals surface area contributed by atoms with Gasteiger partial charge in [-0.25, -0.2) is 4.79 Å². The Morgan fingerprint density at radius 1 is 1.00 bits per heavy atom. The van der Waals surface area contributed by atoms with Crippen molar-refractivity contribution in [1.82, 2.24) is 15.0 Å². The lowest BCUT2D eigenvalue weighted by atomic mass is 9.97. The van der Waals surface area contributed by atoms with Crippen molar-refractivity contribution >= 4 is 27.6 Å². The van der Waals surface area contributed by atoms with Gasteiger partial charge in [0.1, 0.15) is 5.75 Å². The van der Waals surface area contributed by atoms with E-state index in [2.05, 4.69) is 15.0 Å². The number of carbonyl (C=O) groups excluding carboxylic acids is 1. The van der Waals surface area contributed by atoms with Gasteiger partial charge in [0, 0.05) is 11.8 Å². The smallest absolute Gasteiger partial charge is 0.326 e. The fourth-order valence-electron chi connectivity index (χ4n) is 3.03. The lowest BCUT2D eigenvalue weighted by Crippen LogP contribution is -2.25. The first-order valence-corrected chi connectivity index (χ1v) is 9.10. The van der Waals surface area contributed by atoms with Gasteiger partial charge in [-0.2, -0.15) is 0 Å². The second-order valence-electron chi connectivity index (χ2n) is 7.85. The average Bonchev–Trinajstić information content (AvgIpc) is 2.66. The Labute approximate surface area is 165 Å². The van der Waals surface area contributed by atoms with Gasteiger partial charge in [-0.15, -0.1) is 0 Å². The summed E-state index contributed by atoms with van der Waals surface area (Å²) in [5, 5.41) is 2.07. The van der Waals surface area contributed by atoms with E-state index in [9.17, 15) is 14.4 Å². The maximum atomic E-state index is 12.4. The molecule has 4 rings (SSSR count). The molecule has 0 saturated heterocycles. The van der Waals surface area contributed by atoms with Crippen LogP contribution >= 0.6 is 0 Å². The van der Waals surface area contributed by atoms with Crippen LogP contribution in [0, 0.1) is 5.41 Å². The van der Waals surface area contributed by atoms with Gasteiger partial charge in [-0.3, -0.25) is 19.6 Å². The number of fused-ring (bicyclic) bond motifs is 2. The second-order valence-corrected chi connectivity index (χ2v) is 7.85. The number of aromatic amines is 2. The number of hydrogen-bond donors (Lipinski definition) is 2. The predicted molar refractivity (Wildman–Crippen MR) is 111 cm³/mol. The number of H-pyrrole nitrogens is 2. The number of ether oxygens (including phenoxy) is 1. The first-order chi connectivity index (χ1) is 13.7. The molecule has 0 fully saturated rings. The van der Waals surface area contributed by atoms with E-state index in [4.69, 9.17) is 4.74 Å². The van der Waals surface area contributed by atoms with Crippen LogP contribution in [0.15, 0.2) is 58.3 Å². The molecular weight excluding hydrogens is 370 g/mol. The maximum Gasteiger partial charge on any atom is 0.326 e. The van der Waals surface area contributed by atoms with E-state index in [0.29, 0.717) is 17.0 Å². The summed E-state index contributed by atoms with van der Waals surface area (Å²) in [6.07, 6.45) is 1.42. The van der Waals surface area contributed by atoms with Crippen LogP contribution in [-0.4, -0.2) is 20.9 Å². The molecule has 0 saturated carbocycles. The molecule has 2 aromatic heterocycles. The van der Waals surface area contributed by atoms with Gasteiger partial charge in [0.2, 0.25) is 0 Å². The fraction of sp³-hybridized carbons (Fsp3) is 0.182. The highest BCUT2D eigenvalue weighted by atomic mass is 16.5. The lowest BCUT2D eigenvalue weighted by molar-refractivity contribution is -0.142. The first kappa shape index (κ1) is 18.6. The minimum absolute atomic E-state index is 0.285. The first-order valence-electron chi connectivity index (χ1n) is 9.10. The zero-order chi connectivity index (χ0) is 20.8. The number of pyridine rings is 1. The summed E-state index contributed by atoms with van der Waals surface area (Å²) in [5.74, 6) is 0.0565. The fourth-order valence-corrected chi connectivity index (χ4v) is 3.03. The van der Waals surface area contributed by atoms with Crippen LogP contribution in [0.4, 0.5) is 0 Å². The molecule has 0 bridgehead atoms. The number of benzene rings is 2. The Balaban J connectivity index is 1.93. The highest BCUT2D eigenvalue weighted by Crippen LogP contribution is 2.33. The van der Waals surface area contributed by atoms with Gasteiger partial charge < -0.3 is 9.72 Å². The van der Waals surface area contributed by atoms with Crippen LogP contribution in [0.1, 0.15) is 20.8 Å². The zero-order valence-corrected chi connectivity index (χ0v) is 16.2. The van der Waals surface area contributed by atoms with Crippen molar-refractivity contribution in [1.29, 1.82) is 0 Å². The molecule has 0 aliphatic carbocycles. The molecule has 0 spiro atoms. The van der Waals surface area contributed by atoms with Crippen molar-refractivity contribution in [2.24, 2.45) is 5.41 Å². The molecule has 0 unspecified atom stereocenters.